The van der Waals surface area contributed by atoms with Crippen molar-refractivity contribution >= 4 is 29.3 Å². The van der Waals surface area contributed by atoms with Crippen LogP contribution in [0.25, 0.3) is 0 Å². The second kappa shape index (κ2) is 7.61. The zero-order valence-electron chi connectivity index (χ0n) is 11.8. The van der Waals surface area contributed by atoms with Gasteiger partial charge in [-0.1, -0.05) is 23.7 Å². The van der Waals surface area contributed by atoms with Crippen molar-refractivity contribution in [2.24, 2.45) is 0 Å². The maximum atomic E-state index is 13.1. The summed E-state index contributed by atoms with van der Waals surface area (Å²) < 4.78 is 25.9. The summed E-state index contributed by atoms with van der Waals surface area (Å²) >= 11 is 6.97. The number of carbonyl (C=O) groups is 1. The van der Waals surface area contributed by atoms with Gasteiger partial charge in [0.1, 0.15) is 0 Å². The van der Waals surface area contributed by atoms with Crippen molar-refractivity contribution in [2.45, 2.75) is 17.9 Å². The molecule has 0 aliphatic rings. The number of halogens is 3. The molecule has 1 N–H and O–H groups in total. The predicted molar refractivity (Wildman–Crippen MR) is 85.1 cm³/mol. The molecule has 2 aromatic carbocycles. The van der Waals surface area contributed by atoms with Crippen molar-refractivity contribution in [3.8, 4) is 0 Å². The van der Waals surface area contributed by atoms with Gasteiger partial charge in [0.05, 0.1) is 11.8 Å². The van der Waals surface area contributed by atoms with Gasteiger partial charge in [0.15, 0.2) is 11.6 Å². The molecule has 0 unspecified atom stereocenters. The van der Waals surface area contributed by atoms with Gasteiger partial charge in [0.25, 0.3) is 0 Å². The van der Waals surface area contributed by atoms with Crippen molar-refractivity contribution in [1.29, 1.82) is 0 Å². The first-order chi connectivity index (χ1) is 10.5. The Morgan fingerprint density at radius 1 is 1.18 bits per heavy atom. The van der Waals surface area contributed by atoms with E-state index in [2.05, 4.69) is 5.32 Å². The lowest BCUT2D eigenvalue weighted by Gasteiger charge is -2.14. The smallest absolute Gasteiger partial charge is 0.230 e. The minimum Gasteiger partial charge on any atom is -0.349 e. The molecule has 2 aromatic rings. The van der Waals surface area contributed by atoms with E-state index in [1.54, 1.807) is 12.1 Å². The Hall–Kier alpha value is -1.59. The van der Waals surface area contributed by atoms with E-state index in [-0.39, 0.29) is 17.7 Å². The SMILES string of the molecule is C[C@@H](NC(=O)CSc1ccc(F)c(F)c1)c1ccc(Cl)cc1. The summed E-state index contributed by atoms with van der Waals surface area (Å²) in [5, 5.41) is 3.48. The zero-order valence-corrected chi connectivity index (χ0v) is 13.3. The van der Waals surface area contributed by atoms with Gasteiger partial charge in [-0.3, -0.25) is 4.79 Å². The summed E-state index contributed by atoms with van der Waals surface area (Å²) in [6, 6.07) is 10.6. The molecular formula is C16H14ClF2NOS. The predicted octanol–water partition coefficient (Wildman–Crippen LogP) is 4.59. The molecule has 1 atom stereocenters. The molecule has 0 aliphatic carbocycles. The molecule has 0 radical (unpaired) electrons. The van der Waals surface area contributed by atoms with Crippen LogP contribution < -0.4 is 5.32 Å². The van der Waals surface area contributed by atoms with E-state index in [1.165, 1.54) is 6.07 Å². The molecule has 0 saturated heterocycles. The maximum absolute atomic E-state index is 13.1. The largest absolute Gasteiger partial charge is 0.349 e. The Morgan fingerprint density at radius 3 is 2.50 bits per heavy atom. The van der Waals surface area contributed by atoms with E-state index in [9.17, 15) is 13.6 Å². The number of rotatable bonds is 5. The van der Waals surface area contributed by atoms with E-state index in [4.69, 9.17) is 11.6 Å². The maximum Gasteiger partial charge on any atom is 0.230 e. The zero-order chi connectivity index (χ0) is 16.1. The number of hydrogen-bond donors (Lipinski definition) is 1. The Bertz CT molecular complexity index is 664. The van der Waals surface area contributed by atoms with Crippen LogP contribution in [0.1, 0.15) is 18.5 Å². The monoisotopic (exact) mass is 341 g/mol. The van der Waals surface area contributed by atoms with Crippen molar-refractivity contribution in [2.75, 3.05) is 5.75 Å². The third-order valence-corrected chi connectivity index (χ3v) is 4.25. The molecular weight excluding hydrogens is 328 g/mol. The first kappa shape index (κ1) is 16.8. The first-order valence-corrected chi connectivity index (χ1v) is 7.95. The molecule has 0 heterocycles. The Morgan fingerprint density at radius 2 is 1.86 bits per heavy atom. The third-order valence-electron chi connectivity index (χ3n) is 3.01. The topological polar surface area (TPSA) is 29.1 Å². The highest BCUT2D eigenvalue weighted by Gasteiger charge is 2.10. The van der Waals surface area contributed by atoms with Crippen LogP contribution in [0.2, 0.25) is 5.02 Å². The number of nitrogens with one attached hydrogen (secondary N) is 1. The molecule has 22 heavy (non-hydrogen) atoms. The van der Waals surface area contributed by atoms with E-state index in [0.29, 0.717) is 9.92 Å². The van der Waals surface area contributed by atoms with Gasteiger partial charge in [0, 0.05) is 9.92 Å². The summed E-state index contributed by atoms with van der Waals surface area (Å²) in [6.45, 7) is 1.86. The van der Waals surface area contributed by atoms with Crippen LogP contribution in [0.4, 0.5) is 8.78 Å². The number of amides is 1. The normalized spacial score (nSPS) is 12.0. The minimum absolute atomic E-state index is 0.128. The molecule has 1 amide bonds. The van der Waals surface area contributed by atoms with Gasteiger partial charge in [-0.05, 0) is 42.8 Å². The lowest BCUT2D eigenvalue weighted by atomic mass is 10.1. The van der Waals surface area contributed by atoms with Gasteiger partial charge in [-0.25, -0.2) is 8.78 Å². The number of carbonyl (C=O) groups excluding carboxylic acids is 1. The van der Waals surface area contributed by atoms with Crippen LogP contribution in [0.5, 0.6) is 0 Å². The molecule has 0 saturated carbocycles. The van der Waals surface area contributed by atoms with Crippen LogP contribution in [-0.2, 0) is 4.79 Å². The molecule has 2 rings (SSSR count). The van der Waals surface area contributed by atoms with E-state index in [0.717, 1.165) is 29.5 Å². The van der Waals surface area contributed by atoms with Gasteiger partial charge in [-0.15, -0.1) is 11.8 Å². The molecule has 0 aliphatic heterocycles. The van der Waals surface area contributed by atoms with Gasteiger partial charge in [-0.2, -0.15) is 0 Å². The van der Waals surface area contributed by atoms with Gasteiger partial charge >= 0.3 is 0 Å². The van der Waals surface area contributed by atoms with E-state index >= 15 is 0 Å². The van der Waals surface area contributed by atoms with Crippen LogP contribution in [0, 0.1) is 11.6 Å². The van der Waals surface area contributed by atoms with E-state index in [1.807, 2.05) is 19.1 Å². The molecule has 2 nitrogen and oxygen atoms in total. The number of benzene rings is 2. The fourth-order valence-electron chi connectivity index (χ4n) is 1.83. The average molecular weight is 342 g/mol. The van der Waals surface area contributed by atoms with Crippen molar-refractivity contribution < 1.29 is 13.6 Å². The Kier molecular flexibility index (Phi) is 5.80. The Balaban J connectivity index is 1.87. The summed E-state index contributed by atoms with van der Waals surface area (Å²) in [4.78, 5) is 12.4. The minimum atomic E-state index is -0.917. The van der Waals surface area contributed by atoms with E-state index < -0.39 is 11.6 Å². The van der Waals surface area contributed by atoms with Crippen molar-refractivity contribution in [1.82, 2.24) is 5.32 Å². The van der Waals surface area contributed by atoms with Crippen molar-refractivity contribution in [3.63, 3.8) is 0 Å². The average Bonchev–Trinajstić information content (AvgIpc) is 2.49. The quantitative estimate of drug-likeness (QED) is 0.806. The van der Waals surface area contributed by atoms with Crippen molar-refractivity contribution in [3.05, 3.63) is 64.7 Å². The highest BCUT2D eigenvalue weighted by molar-refractivity contribution is 8.00. The third kappa shape index (κ3) is 4.71. The number of thioether (sulfide) groups is 1. The highest BCUT2D eigenvalue weighted by atomic mass is 35.5. The fraction of sp³-hybridized carbons (Fsp3) is 0.188. The molecule has 116 valence electrons. The summed E-state index contributed by atoms with van der Waals surface area (Å²) in [7, 11) is 0. The molecule has 0 aromatic heterocycles. The first-order valence-electron chi connectivity index (χ1n) is 6.58. The van der Waals surface area contributed by atoms with Gasteiger partial charge < -0.3 is 5.32 Å². The summed E-state index contributed by atoms with van der Waals surface area (Å²) in [5.74, 6) is -1.87. The van der Waals surface area contributed by atoms with Crippen LogP contribution in [-0.4, -0.2) is 11.7 Å². The molecule has 0 bridgehead atoms. The highest BCUT2D eigenvalue weighted by Crippen LogP contribution is 2.21. The lowest BCUT2D eigenvalue weighted by molar-refractivity contribution is -0.119. The van der Waals surface area contributed by atoms with Crippen LogP contribution in [0.3, 0.4) is 0 Å². The second-order valence-electron chi connectivity index (χ2n) is 4.71. The van der Waals surface area contributed by atoms with Gasteiger partial charge in [0.2, 0.25) is 5.91 Å². The van der Waals surface area contributed by atoms with Crippen LogP contribution in [0.15, 0.2) is 47.4 Å². The fourth-order valence-corrected chi connectivity index (χ4v) is 2.69. The Labute approximate surface area is 136 Å². The molecule has 0 spiro atoms. The molecule has 6 heteroatoms. The number of hydrogen-bond acceptors (Lipinski definition) is 2. The summed E-state index contributed by atoms with van der Waals surface area (Å²) in [6.07, 6.45) is 0. The molecule has 0 fully saturated rings. The second-order valence-corrected chi connectivity index (χ2v) is 6.19. The lowest BCUT2D eigenvalue weighted by Crippen LogP contribution is -2.28. The standard InChI is InChI=1S/C16H14ClF2NOS/c1-10(11-2-4-12(17)5-3-11)20-16(21)9-22-13-6-7-14(18)15(19)8-13/h2-8,10H,9H2,1H3,(H,20,21)/t10-/m1/s1. The van der Waals surface area contributed by atoms with Crippen LogP contribution >= 0.6 is 23.4 Å². The summed E-state index contributed by atoms with van der Waals surface area (Å²) in [5.41, 5.74) is 0.940.